The first kappa shape index (κ1) is 35.7. The van der Waals surface area contributed by atoms with Crippen molar-refractivity contribution >= 4 is 97.6 Å². The number of phenolic OH excluding ortho intramolecular Hbond substituents is 1. The number of nitrogens with zero attached hydrogens (tertiary/aromatic N) is 4. The lowest BCUT2D eigenvalue weighted by Gasteiger charge is -2.11. The van der Waals surface area contributed by atoms with Gasteiger partial charge in [0.2, 0.25) is 5.91 Å². The minimum absolute atomic E-state index is 0.00371. The van der Waals surface area contributed by atoms with Crippen LogP contribution in [0, 0.1) is 6.92 Å². The molecular weight excluding hydrogens is 719 g/mol. The molecule has 21 heteroatoms. The zero-order valence-electron chi connectivity index (χ0n) is 25.6. The Morgan fingerprint density at radius 2 is 1.24 bits per heavy atom. The van der Waals surface area contributed by atoms with Crippen LogP contribution < -0.4 is 16.8 Å². The molecule has 9 N–H and O–H groups in total. The fourth-order valence-corrected chi connectivity index (χ4v) is 6.67. The summed E-state index contributed by atoms with van der Waals surface area (Å²) in [6.45, 7) is 3.00. The van der Waals surface area contributed by atoms with Gasteiger partial charge in [0.15, 0.2) is 5.75 Å². The van der Waals surface area contributed by atoms with Crippen molar-refractivity contribution in [2.24, 2.45) is 20.5 Å². The van der Waals surface area contributed by atoms with Crippen molar-refractivity contribution in [3.05, 3.63) is 66.2 Å². The summed E-state index contributed by atoms with van der Waals surface area (Å²) in [5, 5.41) is 29.6. The number of phenols is 1. The molecule has 5 rings (SSSR count). The zero-order valence-corrected chi connectivity index (χ0v) is 28.0. The molecule has 5 aromatic rings. The van der Waals surface area contributed by atoms with Gasteiger partial charge in [0.1, 0.15) is 15.5 Å². The van der Waals surface area contributed by atoms with Gasteiger partial charge in [0.05, 0.1) is 39.0 Å². The average molecular weight is 744 g/mol. The van der Waals surface area contributed by atoms with E-state index in [1.165, 1.54) is 31.2 Å². The molecule has 0 spiro atoms. The first-order valence-electron chi connectivity index (χ1n) is 13.7. The maximum atomic E-state index is 12.3. The Morgan fingerprint density at radius 1 is 0.660 bits per heavy atom. The van der Waals surface area contributed by atoms with Gasteiger partial charge in [-0.15, -0.1) is 15.3 Å². The number of hydrogen-bond acceptors (Lipinski definition) is 14. The number of nitrogens with one attached hydrogen (secondary N) is 1. The molecular formula is C29H25N7O11S3. The molecule has 0 radical (unpaired) electrons. The number of carbonyl (C=O) groups excluding carboxylic acids is 1. The summed E-state index contributed by atoms with van der Waals surface area (Å²) in [6.07, 6.45) is 0. The number of nitrogen functional groups attached to an aromatic ring is 2. The summed E-state index contributed by atoms with van der Waals surface area (Å²) in [6, 6.07) is 11.6. The van der Waals surface area contributed by atoms with Crippen LogP contribution in [-0.2, 0) is 35.1 Å². The molecule has 1 amide bonds. The first-order valence-corrected chi connectivity index (χ1v) is 18.1. The fraction of sp³-hybridized carbons (Fsp3) is 0.0690. The Kier molecular flexibility index (Phi) is 9.08. The molecule has 260 valence electrons. The highest BCUT2D eigenvalue weighted by molar-refractivity contribution is 7.86. The third-order valence-electron chi connectivity index (χ3n) is 7.18. The predicted molar refractivity (Wildman–Crippen MR) is 182 cm³/mol. The number of azo groups is 2. The highest BCUT2D eigenvalue weighted by atomic mass is 32.2. The quantitative estimate of drug-likeness (QED) is 0.0570. The SMILES string of the molecule is CC(=O)Nc1cc(N=Nc2ccc(N=Nc3c(S(=O)(=O)O)cc4cc(S(=O)(=O)O)c(N)cc4c3O)c3cc(S(=O)(=O)O)ccc23)c(C)cc1N. The lowest BCUT2D eigenvalue weighted by atomic mass is 10.1. The van der Waals surface area contributed by atoms with Gasteiger partial charge < -0.3 is 21.9 Å². The van der Waals surface area contributed by atoms with Crippen molar-refractivity contribution in [2.45, 2.75) is 28.5 Å². The van der Waals surface area contributed by atoms with E-state index in [9.17, 15) is 48.8 Å². The van der Waals surface area contributed by atoms with E-state index in [0.717, 1.165) is 30.3 Å². The topological polar surface area (TPSA) is 314 Å². The highest BCUT2D eigenvalue weighted by Crippen LogP contribution is 2.44. The third-order valence-corrected chi connectivity index (χ3v) is 9.81. The number of fused-ring (bicyclic) bond motifs is 2. The second kappa shape index (κ2) is 12.7. The molecule has 0 saturated carbocycles. The summed E-state index contributed by atoms with van der Waals surface area (Å²) < 4.78 is 101. The van der Waals surface area contributed by atoms with Crippen LogP contribution in [0.15, 0.2) is 95.8 Å². The molecule has 0 aliphatic heterocycles. The molecule has 0 fully saturated rings. The number of hydrogen-bond donors (Lipinski definition) is 7. The molecule has 18 nitrogen and oxygen atoms in total. The molecule has 5 aromatic carbocycles. The number of anilines is 3. The van der Waals surface area contributed by atoms with Crippen LogP contribution in [0.25, 0.3) is 21.5 Å². The lowest BCUT2D eigenvalue weighted by molar-refractivity contribution is -0.114. The molecule has 0 bridgehead atoms. The molecule has 0 atom stereocenters. The van der Waals surface area contributed by atoms with Gasteiger partial charge in [-0.1, -0.05) is 6.07 Å². The number of aryl methyl sites for hydroxylation is 1. The van der Waals surface area contributed by atoms with Crippen LogP contribution in [-0.4, -0.2) is 49.9 Å². The number of nitrogens with two attached hydrogens (primary N) is 2. The lowest BCUT2D eigenvalue weighted by Crippen LogP contribution is -2.08. The van der Waals surface area contributed by atoms with Crippen molar-refractivity contribution in [3.8, 4) is 5.75 Å². The zero-order chi connectivity index (χ0) is 36.9. The second-order valence-corrected chi connectivity index (χ2v) is 14.9. The Bertz CT molecular complexity index is 2680. The molecule has 0 aromatic heterocycles. The molecule has 50 heavy (non-hydrogen) atoms. The van der Waals surface area contributed by atoms with Crippen molar-refractivity contribution in [2.75, 3.05) is 16.8 Å². The van der Waals surface area contributed by atoms with Crippen molar-refractivity contribution in [1.29, 1.82) is 0 Å². The minimum Gasteiger partial charge on any atom is -0.505 e. The smallest absolute Gasteiger partial charge is 0.296 e. The summed E-state index contributed by atoms with van der Waals surface area (Å²) in [5.41, 5.74) is 11.9. The van der Waals surface area contributed by atoms with E-state index in [1.807, 2.05) is 0 Å². The third kappa shape index (κ3) is 7.22. The number of aromatic hydroxyl groups is 1. The van der Waals surface area contributed by atoms with Gasteiger partial charge in [-0.2, -0.15) is 30.4 Å². The van der Waals surface area contributed by atoms with E-state index in [4.69, 9.17) is 11.5 Å². The van der Waals surface area contributed by atoms with Crippen molar-refractivity contribution < 1.29 is 48.8 Å². The van der Waals surface area contributed by atoms with E-state index < -0.39 is 62.2 Å². The Hall–Kier alpha value is -5.58. The minimum atomic E-state index is -5.16. The Morgan fingerprint density at radius 3 is 1.84 bits per heavy atom. The van der Waals surface area contributed by atoms with Crippen LogP contribution in [0.2, 0.25) is 0 Å². The fourth-order valence-electron chi connectivity index (χ4n) is 4.87. The van der Waals surface area contributed by atoms with Gasteiger partial charge in [-0.05, 0) is 72.5 Å². The second-order valence-electron chi connectivity index (χ2n) is 10.7. The predicted octanol–water partition coefficient (Wildman–Crippen LogP) is 5.70. The Labute approximate surface area is 283 Å². The van der Waals surface area contributed by atoms with Crippen LogP contribution in [0.1, 0.15) is 12.5 Å². The number of benzene rings is 5. The number of rotatable bonds is 8. The van der Waals surface area contributed by atoms with Crippen LogP contribution in [0.3, 0.4) is 0 Å². The molecule has 0 aliphatic rings. The number of carbonyl (C=O) groups is 1. The average Bonchev–Trinajstić information content (AvgIpc) is 2.99. The van der Waals surface area contributed by atoms with Gasteiger partial charge in [-0.3, -0.25) is 18.5 Å². The number of amides is 1. The summed E-state index contributed by atoms with van der Waals surface area (Å²) >= 11 is 0. The molecule has 0 saturated heterocycles. The van der Waals surface area contributed by atoms with E-state index in [2.05, 4.69) is 25.8 Å². The largest absolute Gasteiger partial charge is 0.505 e. The summed E-state index contributed by atoms with van der Waals surface area (Å²) in [7, 11) is -14.8. The van der Waals surface area contributed by atoms with Crippen molar-refractivity contribution in [1.82, 2.24) is 0 Å². The van der Waals surface area contributed by atoms with Crippen LogP contribution >= 0.6 is 0 Å². The van der Waals surface area contributed by atoms with Crippen molar-refractivity contribution in [3.63, 3.8) is 0 Å². The summed E-state index contributed by atoms with van der Waals surface area (Å²) in [4.78, 5) is 9.22. The van der Waals surface area contributed by atoms with E-state index in [1.54, 1.807) is 13.0 Å². The highest BCUT2D eigenvalue weighted by Gasteiger charge is 2.25. The Balaban J connectivity index is 1.70. The van der Waals surface area contributed by atoms with Gasteiger partial charge in [0, 0.05) is 23.1 Å². The van der Waals surface area contributed by atoms with E-state index in [-0.39, 0.29) is 44.5 Å². The molecule has 0 heterocycles. The normalized spacial score (nSPS) is 12.7. The monoisotopic (exact) mass is 743 g/mol. The first-order chi connectivity index (χ1) is 23.1. The molecule has 0 aliphatic carbocycles. The van der Waals surface area contributed by atoms with E-state index >= 15 is 0 Å². The molecule has 0 unspecified atom stereocenters. The standard InChI is InChI=1S/C29H25N7O11S3/c1-13-7-20(30)25(32-14(2)37)12-24(13)35-33-22-5-6-23(19-10-16(48(39,40)41)3-4-17(19)22)34-36-28-27(50(45,46)47)9-15-8-26(49(42,43)44)21(31)11-18(15)29(28)38/h3-12,38H,30-31H2,1-2H3,(H,32,37)(H,39,40,41)(H,42,43,44)(H,45,46,47). The van der Waals surface area contributed by atoms with E-state index in [0.29, 0.717) is 16.9 Å². The van der Waals surface area contributed by atoms with Crippen LogP contribution in [0.5, 0.6) is 5.75 Å². The summed E-state index contributed by atoms with van der Waals surface area (Å²) in [5.74, 6) is -1.27. The van der Waals surface area contributed by atoms with Gasteiger partial charge in [-0.25, -0.2) is 0 Å². The maximum absolute atomic E-state index is 12.3. The maximum Gasteiger partial charge on any atom is 0.296 e. The van der Waals surface area contributed by atoms with Gasteiger partial charge in [0.25, 0.3) is 30.4 Å². The van der Waals surface area contributed by atoms with Crippen LogP contribution in [0.4, 0.5) is 39.8 Å². The van der Waals surface area contributed by atoms with Gasteiger partial charge >= 0.3 is 0 Å².